The molecule has 10 heteroatoms. The second-order valence-corrected chi connectivity index (χ2v) is 6.39. The molecule has 0 radical (unpaired) electrons. The number of rotatable bonds is 8. The van der Waals surface area contributed by atoms with Crippen LogP contribution < -0.4 is 14.8 Å². The number of aromatic nitrogens is 2. The van der Waals surface area contributed by atoms with E-state index >= 15 is 0 Å². The third-order valence-electron chi connectivity index (χ3n) is 3.84. The van der Waals surface area contributed by atoms with E-state index < -0.39 is 25.1 Å². The van der Waals surface area contributed by atoms with Crippen LogP contribution in [0.4, 0.5) is 5.69 Å². The number of benzene rings is 2. The predicted octanol–water partition coefficient (Wildman–Crippen LogP) is 2.46. The number of amides is 1. The van der Waals surface area contributed by atoms with E-state index in [9.17, 15) is 14.4 Å². The summed E-state index contributed by atoms with van der Waals surface area (Å²) >= 11 is 1.04. The molecule has 1 N–H and O–H groups in total. The lowest BCUT2D eigenvalue weighted by atomic mass is 10.1. The summed E-state index contributed by atoms with van der Waals surface area (Å²) in [6.45, 7) is 0.536. The Morgan fingerprint density at radius 3 is 2.66 bits per heavy atom. The van der Waals surface area contributed by atoms with Crippen molar-refractivity contribution in [3.05, 3.63) is 42.0 Å². The summed E-state index contributed by atoms with van der Waals surface area (Å²) in [6, 6.07) is 9.81. The Kier molecular flexibility index (Phi) is 6.35. The number of Topliss-reactive ketones (excluding diaryl/α,β-unsaturated/α-hetero) is 1. The first-order valence-corrected chi connectivity index (χ1v) is 9.19. The fraction of sp³-hybridized carbons (Fsp3) is 0.211. The number of anilines is 1. The summed E-state index contributed by atoms with van der Waals surface area (Å²) < 4.78 is 23.7. The van der Waals surface area contributed by atoms with E-state index in [1.54, 1.807) is 24.3 Å². The first-order chi connectivity index (χ1) is 14.0. The van der Waals surface area contributed by atoms with Gasteiger partial charge < -0.3 is 19.5 Å². The van der Waals surface area contributed by atoms with Gasteiger partial charge in [-0.05, 0) is 37.3 Å². The number of methoxy groups -OCH3 is 1. The van der Waals surface area contributed by atoms with Crippen LogP contribution >= 0.6 is 11.7 Å². The van der Waals surface area contributed by atoms with Gasteiger partial charge in [0.15, 0.2) is 30.5 Å². The van der Waals surface area contributed by atoms with Crippen molar-refractivity contribution in [2.75, 3.05) is 25.6 Å². The molecule has 150 valence electrons. The number of nitrogens with zero attached hydrogens (tertiary/aromatic N) is 2. The van der Waals surface area contributed by atoms with E-state index in [4.69, 9.17) is 14.2 Å². The molecule has 0 fully saturated rings. The number of ether oxygens (including phenoxy) is 3. The summed E-state index contributed by atoms with van der Waals surface area (Å²) in [6.07, 6.45) is 0. The molecule has 0 saturated carbocycles. The number of fused-ring (bicyclic) bond motifs is 1. The molecule has 0 spiro atoms. The molecular weight excluding hydrogens is 398 g/mol. The lowest BCUT2D eigenvalue weighted by molar-refractivity contribution is -0.149. The average Bonchev–Trinajstić information content (AvgIpc) is 3.20. The van der Waals surface area contributed by atoms with Crippen LogP contribution in [-0.2, 0) is 14.3 Å². The first-order valence-electron chi connectivity index (χ1n) is 8.46. The Hall–Kier alpha value is -3.53. The van der Waals surface area contributed by atoms with E-state index in [2.05, 4.69) is 14.1 Å². The van der Waals surface area contributed by atoms with Gasteiger partial charge in [-0.15, -0.1) is 0 Å². The smallest absolute Gasteiger partial charge is 0.344 e. The third-order valence-corrected chi connectivity index (χ3v) is 4.38. The largest absolute Gasteiger partial charge is 0.493 e. The molecule has 3 rings (SSSR count). The number of carbonyl (C=O) groups is 3. The molecule has 1 amide bonds. The molecule has 3 aromatic rings. The van der Waals surface area contributed by atoms with Crippen LogP contribution in [0.15, 0.2) is 36.4 Å². The molecule has 0 saturated heterocycles. The number of esters is 1. The van der Waals surface area contributed by atoms with E-state index in [-0.39, 0.29) is 11.5 Å². The normalized spacial score (nSPS) is 10.4. The van der Waals surface area contributed by atoms with E-state index in [1.807, 2.05) is 0 Å². The lowest BCUT2D eigenvalue weighted by Crippen LogP contribution is -2.23. The maximum absolute atomic E-state index is 12.0. The highest BCUT2D eigenvalue weighted by molar-refractivity contribution is 7.00. The Morgan fingerprint density at radius 1 is 1.07 bits per heavy atom. The molecule has 0 atom stereocenters. The van der Waals surface area contributed by atoms with Gasteiger partial charge >= 0.3 is 5.97 Å². The quantitative estimate of drug-likeness (QED) is 0.440. The zero-order valence-corrected chi connectivity index (χ0v) is 16.4. The fourth-order valence-electron chi connectivity index (χ4n) is 2.42. The van der Waals surface area contributed by atoms with Crippen LogP contribution in [0.2, 0.25) is 0 Å². The predicted molar refractivity (Wildman–Crippen MR) is 105 cm³/mol. The van der Waals surface area contributed by atoms with Gasteiger partial charge in [0, 0.05) is 5.56 Å². The Balaban J connectivity index is 1.50. The van der Waals surface area contributed by atoms with Crippen molar-refractivity contribution in [2.24, 2.45) is 0 Å². The number of nitrogens with one attached hydrogen (secondary N) is 1. The van der Waals surface area contributed by atoms with Gasteiger partial charge in [-0.1, -0.05) is 6.07 Å². The van der Waals surface area contributed by atoms with Crippen molar-refractivity contribution in [1.82, 2.24) is 8.75 Å². The van der Waals surface area contributed by atoms with Gasteiger partial charge in [0.2, 0.25) is 0 Å². The van der Waals surface area contributed by atoms with Crippen LogP contribution in [0, 0.1) is 0 Å². The van der Waals surface area contributed by atoms with Crippen LogP contribution in [0.3, 0.4) is 0 Å². The topological polar surface area (TPSA) is 117 Å². The van der Waals surface area contributed by atoms with E-state index in [0.29, 0.717) is 28.0 Å². The number of carbonyl (C=O) groups excluding carboxylic acids is 3. The highest BCUT2D eigenvalue weighted by Gasteiger charge is 2.14. The number of ketones is 1. The van der Waals surface area contributed by atoms with Gasteiger partial charge in [0.25, 0.3) is 5.91 Å². The zero-order valence-electron chi connectivity index (χ0n) is 15.6. The molecule has 0 bridgehead atoms. The molecule has 1 aromatic heterocycles. The van der Waals surface area contributed by atoms with Gasteiger partial charge in [-0.25, -0.2) is 4.79 Å². The van der Waals surface area contributed by atoms with Crippen LogP contribution in [0.5, 0.6) is 11.5 Å². The number of hydrogen-bond acceptors (Lipinski definition) is 9. The van der Waals surface area contributed by atoms with Gasteiger partial charge in [-0.3, -0.25) is 9.59 Å². The molecule has 0 aliphatic carbocycles. The molecule has 1 heterocycles. The van der Waals surface area contributed by atoms with E-state index in [0.717, 1.165) is 11.7 Å². The second kappa shape index (κ2) is 9.11. The Labute approximate surface area is 169 Å². The van der Waals surface area contributed by atoms with Crippen molar-refractivity contribution in [2.45, 2.75) is 6.92 Å². The highest BCUT2D eigenvalue weighted by Crippen LogP contribution is 2.28. The van der Waals surface area contributed by atoms with Crippen LogP contribution in [-0.4, -0.2) is 46.7 Å². The molecule has 0 aliphatic rings. The maximum Gasteiger partial charge on any atom is 0.344 e. The first kappa shape index (κ1) is 20.2. The standard InChI is InChI=1S/C19H17N3O6S/c1-11(23)12-6-7-15(16(8-12)26-2)27-10-18(25)28-9-17(24)20-13-4-3-5-14-19(13)22-29-21-14/h3-8H,9-10H2,1-2H3,(H,20,24). The van der Waals surface area contributed by atoms with Crippen molar-refractivity contribution >= 4 is 46.1 Å². The molecule has 0 aliphatic heterocycles. The minimum atomic E-state index is -0.730. The fourth-order valence-corrected chi connectivity index (χ4v) is 2.97. The van der Waals surface area contributed by atoms with Gasteiger partial charge in [0.1, 0.15) is 11.0 Å². The van der Waals surface area contributed by atoms with Gasteiger partial charge in [0.05, 0.1) is 24.5 Å². The Bertz CT molecular complexity index is 1070. The molecule has 0 unspecified atom stereocenters. The summed E-state index contributed by atoms with van der Waals surface area (Å²) in [5.74, 6) is -0.771. The van der Waals surface area contributed by atoms with Crippen molar-refractivity contribution in [3.63, 3.8) is 0 Å². The average molecular weight is 415 g/mol. The van der Waals surface area contributed by atoms with Crippen LogP contribution in [0.25, 0.3) is 11.0 Å². The summed E-state index contributed by atoms with van der Waals surface area (Å²) in [5.41, 5.74) is 2.19. The molecular formula is C19H17N3O6S. The van der Waals surface area contributed by atoms with Crippen LogP contribution in [0.1, 0.15) is 17.3 Å². The molecule has 9 nitrogen and oxygen atoms in total. The minimum Gasteiger partial charge on any atom is -0.493 e. The summed E-state index contributed by atoms with van der Waals surface area (Å²) in [7, 11) is 1.42. The zero-order chi connectivity index (χ0) is 20.8. The Morgan fingerprint density at radius 2 is 1.90 bits per heavy atom. The minimum absolute atomic E-state index is 0.121. The monoisotopic (exact) mass is 415 g/mol. The van der Waals surface area contributed by atoms with Gasteiger partial charge in [-0.2, -0.15) is 8.75 Å². The number of hydrogen-bond donors (Lipinski definition) is 1. The highest BCUT2D eigenvalue weighted by atomic mass is 32.1. The van der Waals surface area contributed by atoms with Crippen molar-refractivity contribution in [3.8, 4) is 11.5 Å². The summed E-state index contributed by atoms with van der Waals surface area (Å²) in [5, 5.41) is 2.63. The van der Waals surface area contributed by atoms with Crippen molar-refractivity contribution in [1.29, 1.82) is 0 Å². The molecule has 29 heavy (non-hydrogen) atoms. The molecule has 2 aromatic carbocycles. The second-order valence-electron chi connectivity index (χ2n) is 5.86. The lowest BCUT2D eigenvalue weighted by Gasteiger charge is -2.11. The maximum atomic E-state index is 12.0. The third kappa shape index (κ3) is 5.05. The SMILES string of the molecule is COc1cc(C(C)=O)ccc1OCC(=O)OCC(=O)Nc1cccc2nsnc12. The summed E-state index contributed by atoms with van der Waals surface area (Å²) in [4.78, 5) is 35.3. The van der Waals surface area contributed by atoms with Crippen molar-refractivity contribution < 1.29 is 28.6 Å². The van der Waals surface area contributed by atoms with E-state index in [1.165, 1.54) is 26.2 Å².